The van der Waals surface area contributed by atoms with Crippen LogP contribution in [0.5, 0.6) is 0 Å². The fraction of sp³-hybridized carbons (Fsp3) is 0.931. The summed E-state index contributed by atoms with van der Waals surface area (Å²) in [7, 11) is 0. The fourth-order valence-corrected chi connectivity index (χ4v) is 9.11. The van der Waals surface area contributed by atoms with E-state index in [1.54, 1.807) is 0 Å². The second kappa shape index (κ2) is 54.2. The van der Waals surface area contributed by atoms with Crippen molar-refractivity contribution in [2.45, 2.75) is 334 Å². The lowest BCUT2D eigenvalue weighted by atomic mass is 10.0. The van der Waals surface area contributed by atoms with Gasteiger partial charge in [0.2, 0.25) is 5.91 Å². The number of esters is 1. The van der Waals surface area contributed by atoms with E-state index < -0.39 is 12.1 Å². The van der Waals surface area contributed by atoms with Gasteiger partial charge in [-0.2, -0.15) is 0 Å². The highest BCUT2D eigenvalue weighted by Gasteiger charge is 2.20. The van der Waals surface area contributed by atoms with Gasteiger partial charge in [-0.25, -0.2) is 0 Å². The molecule has 0 saturated carbocycles. The maximum Gasteiger partial charge on any atom is 0.305 e. The molecule has 0 heterocycles. The minimum Gasteiger partial charge on any atom is -0.466 e. The number of amides is 1. The van der Waals surface area contributed by atoms with Gasteiger partial charge in [0, 0.05) is 12.8 Å². The first-order chi connectivity index (χ1) is 31.5. The summed E-state index contributed by atoms with van der Waals surface area (Å²) in [6, 6.07) is -0.561. The van der Waals surface area contributed by atoms with E-state index in [1.807, 2.05) is 0 Å². The Kier molecular flexibility index (Phi) is 53.0. The molecule has 6 nitrogen and oxygen atoms in total. The summed E-state index contributed by atoms with van der Waals surface area (Å²) in [6.45, 7) is 4.94. The Balaban J connectivity index is 3.47. The van der Waals surface area contributed by atoms with E-state index in [0.29, 0.717) is 25.9 Å². The van der Waals surface area contributed by atoms with Crippen LogP contribution in [-0.4, -0.2) is 47.4 Å². The highest BCUT2D eigenvalue weighted by molar-refractivity contribution is 5.76. The van der Waals surface area contributed by atoms with Crippen LogP contribution in [0.25, 0.3) is 0 Å². The summed E-state index contributed by atoms with van der Waals surface area (Å²) < 4.78 is 5.47. The quantitative estimate of drug-likeness (QED) is 0.0321. The molecule has 1 amide bonds. The van der Waals surface area contributed by atoms with E-state index in [-0.39, 0.29) is 18.5 Å². The number of aliphatic hydroxyl groups excluding tert-OH is 2. The van der Waals surface area contributed by atoms with Crippen LogP contribution >= 0.6 is 0 Å². The first-order valence-corrected chi connectivity index (χ1v) is 28.9. The highest BCUT2D eigenvalue weighted by atomic mass is 16.5. The molecular weight excluding hydrogens is 791 g/mol. The van der Waals surface area contributed by atoms with Crippen LogP contribution in [-0.2, 0) is 14.3 Å². The molecule has 2 atom stereocenters. The van der Waals surface area contributed by atoms with Crippen LogP contribution in [0.3, 0.4) is 0 Å². The second-order valence-electron chi connectivity index (χ2n) is 20.0. The summed E-state index contributed by atoms with van der Waals surface area (Å²) in [5.74, 6) is -0.0702. The molecule has 6 heteroatoms. The summed E-state index contributed by atoms with van der Waals surface area (Å²) in [4.78, 5) is 24.5. The Labute approximate surface area is 399 Å². The van der Waals surface area contributed by atoms with E-state index in [2.05, 4.69) is 31.3 Å². The van der Waals surface area contributed by atoms with Crippen molar-refractivity contribution in [1.29, 1.82) is 0 Å². The molecule has 0 radical (unpaired) electrons. The van der Waals surface area contributed by atoms with E-state index in [4.69, 9.17) is 4.74 Å². The smallest absolute Gasteiger partial charge is 0.305 e. The molecule has 0 saturated heterocycles. The molecular formula is C58H113NO5. The maximum atomic E-state index is 12.5. The third-order valence-corrected chi connectivity index (χ3v) is 13.6. The number of hydrogen-bond acceptors (Lipinski definition) is 5. The molecule has 0 aromatic rings. The van der Waals surface area contributed by atoms with Gasteiger partial charge in [0.25, 0.3) is 0 Å². The Morgan fingerprint density at radius 2 is 0.734 bits per heavy atom. The van der Waals surface area contributed by atoms with Crippen molar-refractivity contribution < 1.29 is 24.5 Å². The van der Waals surface area contributed by atoms with Crippen molar-refractivity contribution in [3.63, 3.8) is 0 Å². The number of unbranched alkanes of at least 4 members (excludes halogenated alkanes) is 41. The molecule has 380 valence electrons. The summed E-state index contributed by atoms with van der Waals surface area (Å²) >= 11 is 0. The molecule has 0 aliphatic rings. The lowest BCUT2D eigenvalue weighted by Gasteiger charge is -2.22. The third-order valence-electron chi connectivity index (χ3n) is 13.6. The summed E-state index contributed by atoms with van der Waals surface area (Å²) in [6.07, 6.45) is 63.4. The van der Waals surface area contributed by atoms with E-state index in [1.165, 1.54) is 218 Å². The fourth-order valence-electron chi connectivity index (χ4n) is 9.11. The molecule has 2 unspecified atom stereocenters. The van der Waals surface area contributed by atoms with Crippen LogP contribution in [0.2, 0.25) is 0 Å². The Bertz CT molecular complexity index is 955. The molecule has 3 N–H and O–H groups in total. The van der Waals surface area contributed by atoms with Gasteiger partial charge in [0.15, 0.2) is 0 Å². The van der Waals surface area contributed by atoms with E-state index in [9.17, 15) is 19.8 Å². The van der Waals surface area contributed by atoms with Gasteiger partial charge in [-0.3, -0.25) is 9.59 Å². The third kappa shape index (κ3) is 50.0. The molecule has 0 bridgehead atoms. The number of rotatable bonds is 54. The average molecular weight is 905 g/mol. The molecule has 0 fully saturated rings. The maximum absolute atomic E-state index is 12.5. The van der Waals surface area contributed by atoms with Crippen molar-refractivity contribution >= 4 is 11.9 Å². The Morgan fingerprint density at radius 3 is 1.12 bits per heavy atom. The van der Waals surface area contributed by atoms with Crippen LogP contribution in [0, 0.1) is 0 Å². The van der Waals surface area contributed by atoms with E-state index in [0.717, 1.165) is 70.6 Å². The van der Waals surface area contributed by atoms with Crippen molar-refractivity contribution in [2.24, 2.45) is 0 Å². The number of nitrogens with one attached hydrogen (secondary N) is 1. The average Bonchev–Trinajstić information content (AvgIpc) is 3.29. The lowest BCUT2D eigenvalue weighted by molar-refractivity contribution is -0.143. The number of ether oxygens (including phenoxy) is 1. The first kappa shape index (κ1) is 62.6. The molecule has 0 aromatic carbocycles. The van der Waals surface area contributed by atoms with Crippen molar-refractivity contribution in [3.8, 4) is 0 Å². The molecule has 0 aromatic heterocycles. The summed E-state index contributed by atoms with van der Waals surface area (Å²) in [5, 5.41) is 23.3. The zero-order chi connectivity index (χ0) is 46.5. The van der Waals surface area contributed by atoms with Gasteiger partial charge in [-0.15, -0.1) is 0 Å². The molecule has 0 rings (SSSR count). The van der Waals surface area contributed by atoms with Crippen LogP contribution in [0.15, 0.2) is 12.2 Å². The number of carbonyl (C=O) groups excluding carboxylic acids is 2. The number of carbonyl (C=O) groups is 2. The Hall–Kier alpha value is -1.40. The number of aliphatic hydroxyl groups is 2. The summed E-state index contributed by atoms with van der Waals surface area (Å²) in [5.41, 5.74) is 0. The second-order valence-corrected chi connectivity index (χ2v) is 20.0. The van der Waals surface area contributed by atoms with Gasteiger partial charge in [0.1, 0.15) is 0 Å². The molecule has 0 aliphatic carbocycles. The van der Waals surface area contributed by atoms with Gasteiger partial charge < -0.3 is 20.3 Å². The highest BCUT2D eigenvalue weighted by Crippen LogP contribution is 2.17. The van der Waals surface area contributed by atoms with Gasteiger partial charge in [-0.05, 0) is 51.4 Å². The normalized spacial score (nSPS) is 12.6. The molecule has 64 heavy (non-hydrogen) atoms. The standard InChI is InChI=1S/C58H113NO5/c1-3-5-7-9-11-13-15-17-19-21-22-23-26-30-34-38-42-46-50-56(61)55(54-60)59-57(62)51-47-43-39-35-31-27-25-29-33-37-41-45-49-53-64-58(63)52-48-44-40-36-32-28-24-20-18-16-14-12-10-8-6-4-2/h27,31,55-56,60-61H,3-26,28-30,32-54H2,1-2H3,(H,59,62)/b31-27-. The number of hydrogen-bond donors (Lipinski definition) is 3. The largest absolute Gasteiger partial charge is 0.466 e. The van der Waals surface area contributed by atoms with E-state index >= 15 is 0 Å². The number of allylic oxidation sites excluding steroid dienone is 2. The van der Waals surface area contributed by atoms with Gasteiger partial charge in [-0.1, -0.05) is 270 Å². The Morgan fingerprint density at radius 1 is 0.422 bits per heavy atom. The van der Waals surface area contributed by atoms with Crippen LogP contribution < -0.4 is 5.32 Å². The lowest BCUT2D eigenvalue weighted by Crippen LogP contribution is -2.45. The monoisotopic (exact) mass is 904 g/mol. The SMILES string of the molecule is CCCCCCCCCCCCCCCCCCCCC(O)C(CO)NC(=O)CCCCC/C=C\CCCCCCCCOC(=O)CCCCCCCCCCCCCCCCCC. The predicted molar refractivity (Wildman–Crippen MR) is 278 cm³/mol. The van der Waals surface area contributed by atoms with Crippen molar-refractivity contribution in [3.05, 3.63) is 12.2 Å². The van der Waals surface area contributed by atoms with Gasteiger partial charge in [0.05, 0.1) is 25.4 Å². The van der Waals surface area contributed by atoms with Crippen LogP contribution in [0.4, 0.5) is 0 Å². The minimum atomic E-state index is -0.681. The topological polar surface area (TPSA) is 95.9 Å². The van der Waals surface area contributed by atoms with Crippen LogP contribution in [0.1, 0.15) is 322 Å². The van der Waals surface area contributed by atoms with Gasteiger partial charge >= 0.3 is 5.97 Å². The zero-order valence-electron chi connectivity index (χ0n) is 43.3. The predicted octanol–water partition coefficient (Wildman–Crippen LogP) is 17.7. The molecule has 0 aliphatic heterocycles. The zero-order valence-corrected chi connectivity index (χ0v) is 43.3. The van der Waals surface area contributed by atoms with Crippen molar-refractivity contribution in [2.75, 3.05) is 13.2 Å². The first-order valence-electron chi connectivity index (χ1n) is 28.9. The van der Waals surface area contributed by atoms with Crippen molar-refractivity contribution in [1.82, 2.24) is 5.32 Å². The molecule has 0 spiro atoms. The minimum absolute atomic E-state index is 0.00833.